The Hall–Kier alpha value is -6.92. The zero-order valence-electron chi connectivity index (χ0n) is 32.2. The minimum Gasteiger partial charge on any atom is -0.374 e. The third kappa shape index (κ3) is 6.19. The van der Waals surface area contributed by atoms with Gasteiger partial charge in [0.15, 0.2) is 0 Å². The molecular formula is C50H44N6. The van der Waals surface area contributed by atoms with Crippen molar-refractivity contribution >= 4 is 57.7 Å². The van der Waals surface area contributed by atoms with Crippen LogP contribution < -0.4 is 9.80 Å². The monoisotopic (exact) mass is 728 g/mol. The molecule has 4 aromatic carbocycles. The van der Waals surface area contributed by atoms with Crippen LogP contribution in [0.2, 0.25) is 0 Å². The van der Waals surface area contributed by atoms with E-state index in [1.807, 2.05) is 0 Å². The fourth-order valence-corrected chi connectivity index (χ4v) is 7.97. The van der Waals surface area contributed by atoms with Gasteiger partial charge in [-0.1, -0.05) is 97.1 Å². The Labute approximate surface area is 328 Å². The van der Waals surface area contributed by atoms with Crippen LogP contribution >= 0.6 is 0 Å². The molecular weight excluding hydrogens is 685 g/mol. The molecule has 0 unspecified atom stereocenters. The summed E-state index contributed by atoms with van der Waals surface area (Å²) in [5.41, 5.74) is 18.4. The highest BCUT2D eigenvalue weighted by molar-refractivity contribution is 6.02. The van der Waals surface area contributed by atoms with Crippen LogP contribution in [0.4, 0.5) is 11.4 Å². The molecule has 0 aliphatic carbocycles. The number of aromatic amines is 2. The summed E-state index contributed by atoms with van der Waals surface area (Å²) in [6, 6.07) is 47.2. The van der Waals surface area contributed by atoms with Crippen LogP contribution in [0.15, 0.2) is 133 Å². The topological polar surface area (TPSA) is 63.8 Å². The second kappa shape index (κ2) is 14.7. The van der Waals surface area contributed by atoms with Gasteiger partial charge >= 0.3 is 0 Å². The molecule has 0 saturated carbocycles. The van der Waals surface area contributed by atoms with E-state index in [-0.39, 0.29) is 0 Å². The Kier molecular flexibility index (Phi) is 9.16. The molecule has 56 heavy (non-hydrogen) atoms. The molecule has 0 amide bonds. The summed E-state index contributed by atoms with van der Waals surface area (Å²) >= 11 is 0. The number of fused-ring (bicyclic) bond motifs is 8. The molecule has 7 aromatic rings. The number of H-pyrrole nitrogens is 2. The summed E-state index contributed by atoms with van der Waals surface area (Å²) < 4.78 is 0. The summed E-state index contributed by atoms with van der Waals surface area (Å²) in [5, 5.41) is 0. The number of hydrogen-bond donors (Lipinski definition) is 2. The SMILES string of the molecule is CCN(C)c1ccccc1-c1c2nc(c(-c3ccccc3)c3ccc([nH]3)c(-c3ccccc3N(C)CC)c3nc(c(-c4ccccc4)c4ccc1[nH]4)C=C3)C=C2. The van der Waals surface area contributed by atoms with Gasteiger partial charge in [0, 0.05) is 94.0 Å². The first-order valence-electron chi connectivity index (χ1n) is 19.4. The van der Waals surface area contributed by atoms with Gasteiger partial charge in [-0.25, -0.2) is 9.97 Å². The lowest BCUT2D eigenvalue weighted by Gasteiger charge is -2.21. The molecule has 0 atom stereocenters. The average Bonchev–Trinajstić information content (AvgIpc) is 4.10. The van der Waals surface area contributed by atoms with Gasteiger partial charge in [0.2, 0.25) is 0 Å². The summed E-state index contributed by atoms with van der Waals surface area (Å²) in [5.74, 6) is 0. The van der Waals surface area contributed by atoms with Crippen molar-refractivity contribution in [1.29, 1.82) is 0 Å². The Balaban J connectivity index is 1.48. The summed E-state index contributed by atoms with van der Waals surface area (Å²) in [4.78, 5) is 23.4. The molecule has 2 aliphatic rings. The summed E-state index contributed by atoms with van der Waals surface area (Å²) in [6.45, 7) is 6.11. The molecule has 0 radical (unpaired) electrons. The van der Waals surface area contributed by atoms with Gasteiger partial charge in [-0.05, 0) is 85.7 Å². The van der Waals surface area contributed by atoms with Crippen LogP contribution in [0.3, 0.4) is 0 Å². The minimum absolute atomic E-state index is 0.871. The zero-order valence-corrected chi connectivity index (χ0v) is 32.2. The number of para-hydroxylation sites is 2. The van der Waals surface area contributed by atoms with Gasteiger partial charge in [-0.15, -0.1) is 0 Å². The fourth-order valence-electron chi connectivity index (χ4n) is 7.97. The van der Waals surface area contributed by atoms with E-state index < -0.39 is 0 Å². The van der Waals surface area contributed by atoms with E-state index in [1.54, 1.807) is 0 Å². The van der Waals surface area contributed by atoms with Crippen LogP contribution in [-0.2, 0) is 0 Å². The van der Waals surface area contributed by atoms with E-state index in [2.05, 4.69) is 205 Å². The maximum atomic E-state index is 5.50. The van der Waals surface area contributed by atoms with E-state index in [9.17, 15) is 0 Å². The van der Waals surface area contributed by atoms with Crippen LogP contribution in [0, 0.1) is 0 Å². The van der Waals surface area contributed by atoms with Crippen molar-refractivity contribution in [1.82, 2.24) is 19.9 Å². The Bertz CT molecular complexity index is 2610. The van der Waals surface area contributed by atoms with Crippen molar-refractivity contribution in [3.8, 4) is 44.5 Å². The Morgan fingerprint density at radius 1 is 0.393 bits per heavy atom. The van der Waals surface area contributed by atoms with E-state index in [4.69, 9.17) is 9.97 Å². The quantitative estimate of drug-likeness (QED) is 0.163. The molecule has 3 aromatic heterocycles. The molecule has 2 aliphatic heterocycles. The van der Waals surface area contributed by atoms with Gasteiger partial charge in [0.25, 0.3) is 0 Å². The van der Waals surface area contributed by atoms with Crippen molar-refractivity contribution in [3.63, 3.8) is 0 Å². The number of aromatic nitrogens is 4. The second-order valence-electron chi connectivity index (χ2n) is 14.3. The van der Waals surface area contributed by atoms with Crippen LogP contribution in [0.25, 0.3) is 90.9 Å². The zero-order chi connectivity index (χ0) is 38.2. The lowest BCUT2D eigenvalue weighted by molar-refractivity contribution is 0.969. The number of rotatable bonds is 8. The number of benzene rings is 4. The predicted molar refractivity (Wildman–Crippen MR) is 238 cm³/mol. The van der Waals surface area contributed by atoms with E-state index >= 15 is 0 Å². The molecule has 0 spiro atoms. The van der Waals surface area contributed by atoms with Gasteiger partial charge < -0.3 is 19.8 Å². The standard InChI is InChI=1S/C50H44N6/c1-5-55(3)45-23-15-13-21-35(45)49-41-29-25-37(51-41)47(33-17-9-7-10-18-33)39-27-31-43(53-39)50(36-22-14-16-24-46(36)56(4)6-2)44-32-28-40(54-44)48(34-19-11-8-12-20-34)38-26-30-42(49)52-38/h7-32,51,54H,5-6H2,1-4H3. The minimum atomic E-state index is 0.871. The number of nitrogens with zero attached hydrogens (tertiary/aromatic N) is 4. The van der Waals surface area contributed by atoms with Gasteiger partial charge in [0.05, 0.1) is 22.8 Å². The third-order valence-electron chi connectivity index (χ3n) is 11.0. The molecule has 274 valence electrons. The van der Waals surface area contributed by atoms with Crippen molar-refractivity contribution in [2.45, 2.75) is 13.8 Å². The first-order chi connectivity index (χ1) is 27.5. The highest BCUT2D eigenvalue weighted by Gasteiger charge is 2.21. The highest BCUT2D eigenvalue weighted by atomic mass is 15.1. The molecule has 9 rings (SSSR count). The predicted octanol–water partition coefficient (Wildman–Crippen LogP) is 12.2. The molecule has 0 saturated heterocycles. The van der Waals surface area contributed by atoms with Gasteiger partial charge in [-0.2, -0.15) is 0 Å². The van der Waals surface area contributed by atoms with Crippen molar-refractivity contribution in [2.75, 3.05) is 37.0 Å². The number of anilines is 2. The normalized spacial score (nSPS) is 11.9. The first kappa shape index (κ1) is 34.8. The van der Waals surface area contributed by atoms with Crippen LogP contribution in [-0.4, -0.2) is 47.1 Å². The van der Waals surface area contributed by atoms with Crippen molar-refractivity contribution in [3.05, 3.63) is 156 Å². The maximum absolute atomic E-state index is 5.50. The van der Waals surface area contributed by atoms with Gasteiger partial charge in [-0.3, -0.25) is 0 Å². The molecule has 6 nitrogen and oxygen atoms in total. The number of hydrogen-bond acceptors (Lipinski definition) is 4. The second-order valence-corrected chi connectivity index (χ2v) is 14.3. The summed E-state index contributed by atoms with van der Waals surface area (Å²) in [6.07, 6.45) is 8.66. The molecule has 5 heterocycles. The molecule has 6 heteroatoms. The molecule has 8 bridgehead atoms. The van der Waals surface area contributed by atoms with Crippen molar-refractivity contribution < 1.29 is 0 Å². The van der Waals surface area contributed by atoms with Gasteiger partial charge in [0.1, 0.15) is 0 Å². The highest BCUT2D eigenvalue weighted by Crippen LogP contribution is 2.41. The Morgan fingerprint density at radius 3 is 1.09 bits per heavy atom. The smallest absolute Gasteiger partial charge is 0.0738 e. The van der Waals surface area contributed by atoms with Crippen molar-refractivity contribution in [2.24, 2.45) is 0 Å². The fraction of sp³-hybridized carbons (Fsp3) is 0.120. The third-order valence-corrected chi connectivity index (χ3v) is 11.0. The summed E-state index contributed by atoms with van der Waals surface area (Å²) in [7, 11) is 4.29. The first-order valence-corrected chi connectivity index (χ1v) is 19.4. The number of nitrogens with one attached hydrogen (secondary N) is 2. The van der Waals surface area contributed by atoms with Crippen LogP contribution in [0.5, 0.6) is 0 Å². The average molecular weight is 729 g/mol. The van der Waals surface area contributed by atoms with Crippen LogP contribution in [0.1, 0.15) is 36.6 Å². The lowest BCUT2D eigenvalue weighted by Crippen LogP contribution is -2.16. The largest absolute Gasteiger partial charge is 0.374 e. The van der Waals surface area contributed by atoms with E-state index in [1.165, 1.54) is 0 Å². The van der Waals surface area contributed by atoms with E-state index in [0.29, 0.717) is 0 Å². The Morgan fingerprint density at radius 2 is 0.714 bits per heavy atom. The lowest BCUT2D eigenvalue weighted by atomic mass is 10.0. The molecule has 0 fully saturated rings. The maximum Gasteiger partial charge on any atom is 0.0738 e. The van der Waals surface area contributed by atoms with E-state index in [0.717, 1.165) is 114 Å². The molecule has 2 N–H and O–H groups in total.